The van der Waals surface area contributed by atoms with E-state index in [-0.39, 0.29) is 6.10 Å². The van der Waals surface area contributed by atoms with Gasteiger partial charge in [-0.3, -0.25) is 0 Å². The van der Waals surface area contributed by atoms with Crippen LogP contribution in [0.15, 0.2) is 18.2 Å². The molecule has 0 heterocycles. The zero-order valence-electron chi connectivity index (χ0n) is 10.4. The first-order valence-electron chi connectivity index (χ1n) is 5.76. The third-order valence-corrected chi connectivity index (χ3v) is 2.87. The van der Waals surface area contributed by atoms with Crippen molar-refractivity contribution in [1.82, 2.24) is 5.32 Å². The van der Waals surface area contributed by atoms with Gasteiger partial charge in [0, 0.05) is 18.7 Å². The lowest BCUT2D eigenvalue weighted by Crippen LogP contribution is -2.23. The van der Waals surface area contributed by atoms with Gasteiger partial charge in [-0.15, -0.1) is 0 Å². The molecular weight excluding hydrogens is 238 g/mol. The quantitative estimate of drug-likeness (QED) is 0.736. The summed E-state index contributed by atoms with van der Waals surface area (Å²) in [6.45, 7) is 4.00. The second-order valence-corrected chi connectivity index (χ2v) is 4.58. The van der Waals surface area contributed by atoms with Gasteiger partial charge in [0.2, 0.25) is 0 Å². The van der Waals surface area contributed by atoms with Crippen LogP contribution in [-0.2, 0) is 11.3 Å². The highest BCUT2D eigenvalue weighted by molar-refractivity contribution is 6.30. The first-order chi connectivity index (χ1) is 8.13. The Labute approximate surface area is 108 Å². The number of hydrogen-bond acceptors (Lipinski definition) is 3. The molecule has 1 rings (SSSR count). The minimum Gasteiger partial charge on any atom is -0.391 e. The van der Waals surface area contributed by atoms with Crippen molar-refractivity contribution in [3.8, 4) is 0 Å². The number of halogens is 1. The molecule has 1 unspecified atom stereocenters. The number of aliphatic hydroxyl groups excluding tert-OH is 1. The smallest absolute Gasteiger partial charge is 0.0785 e. The van der Waals surface area contributed by atoms with Crippen molar-refractivity contribution in [2.75, 3.05) is 20.3 Å². The summed E-state index contributed by atoms with van der Waals surface area (Å²) in [5, 5.41) is 13.5. The van der Waals surface area contributed by atoms with Crippen LogP contribution in [0.2, 0.25) is 5.02 Å². The molecule has 1 atom stereocenters. The molecule has 17 heavy (non-hydrogen) atoms. The summed E-state index contributed by atoms with van der Waals surface area (Å²) in [5.41, 5.74) is 2.41. The first kappa shape index (κ1) is 14.5. The minimum atomic E-state index is -0.390. The third kappa shape index (κ3) is 5.50. The van der Waals surface area contributed by atoms with Crippen molar-refractivity contribution < 1.29 is 9.84 Å². The molecule has 0 saturated carbocycles. The van der Waals surface area contributed by atoms with Crippen molar-refractivity contribution in [1.29, 1.82) is 0 Å². The van der Waals surface area contributed by atoms with E-state index in [9.17, 15) is 5.11 Å². The van der Waals surface area contributed by atoms with E-state index in [4.69, 9.17) is 16.3 Å². The molecule has 0 aliphatic rings. The van der Waals surface area contributed by atoms with Gasteiger partial charge in [0.1, 0.15) is 0 Å². The molecule has 0 aliphatic carbocycles. The summed E-state index contributed by atoms with van der Waals surface area (Å²) in [5.74, 6) is 0. The van der Waals surface area contributed by atoms with E-state index in [0.717, 1.165) is 18.1 Å². The Balaban J connectivity index is 2.26. The monoisotopic (exact) mass is 257 g/mol. The summed E-state index contributed by atoms with van der Waals surface area (Å²) in [6, 6.07) is 5.87. The van der Waals surface area contributed by atoms with E-state index in [1.165, 1.54) is 11.1 Å². The average molecular weight is 258 g/mol. The second-order valence-electron chi connectivity index (χ2n) is 4.15. The maximum atomic E-state index is 9.45. The lowest BCUT2D eigenvalue weighted by Gasteiger charge is -2.11. The predicted octanol–water partition coefficient (Wildman–Crippen LogP) is 2.14. The molecule has 0 bridgehead atoms. The van der Waals surface area contributed by atoms with Crippen LogP contribution < -0.4 is 5.32 Å². The standard InChI is InChI=1S/C13H20ClNO2/c1-10-7-12(14)4-3-11(10)8-15-6-5-13(16)9-17-2/h3-4,7,13,15-16H,5-6,8-9H2,1-2H3. The van der Waals surface area contributed by atoms with E-state index >= 15 is 0 Å². The Morgan fingerprint density at radius 2 is 2.24 bits per heavy atom. The molecule has 0 saturated heterocycles. The minimum absolute atomic E-state index is 0.390. The van der Waals surface area contributed by atoms with E-state index in [1.54, 1.807) is 7.11 Å². The molecule has 0 radical (unpaired) electrons. The Hall–Kier alpha value is -0.610. The summed E-state index contributed by atoms with van der Waals surface area (Å²) < 4.78 is 4.86. The van der Waals surface area contributed by atoms with Gasteiger partial charge in [-0.05, 0) is 43.1 Å². The molecule has 0 spiro atoms. The van der Waals surface area contributed by atoms with Crippen LogP contribution in [0.4, 0.5) is 0 Å². The highest BCUT2D eigenvalue weighted by Gasteiger charge is 2.03. The molecule has 2 N–H and O–H groups in total. The van der Waals surface area contributed by atoms with Crippen LogP contribution in [0.1, 0.15) is 17.5 Å². The Kier molecular flexibility index (Phi) is 6.52. The van der Waals surface area contributed by atoms with Crippen LogP contribution in [0, 0.1) is 6.92 Å². The number of nitrogens with one attached hydrogen (secondary N) is 1. The second kappa shape index (κ2) is 7.67. The third-order valence-electron chi connectivity index (χ3n) is 2.63. The van der Waals surface area contributed by atoms with Crippen LogP contribution >= 0.6 is 11.6 Å². The van der Waals surface area contributed by atoms with Crippen molar-refractivity contribution in [2.24, 2.45) is 0 Å². The summed E-state index contributed by atoms with van der Waals surface area (Å²) >= 11 is 5.89. The van der Waals surface area contributed by atoms with E-state index in [2.05, 4.69) is 5.32 Å². The average Bonchev–Trinajstić information content (AvgIpc) is 2.27. The fraction of sp³-hybridized carbons (Fsp3) is 0.538. The highest BCUT2D eigenvalue weighted by atomic mass is 35.5. The summed E-state index contributed by atoms with van der Waals surface area (Å²) in [6.07, 6.45) is 0.305. The Morgan fingerprint density at radius 1 is 1.47 bits per heavy atom. The van der Waals surface area contributed by atoms with E-state index < -0.39 is 0 Å². The number of methoxy groups -OCH3 is 1. The van der Waals surface area contributed by atoms with Crippen LogP contribution in [0.3, 0.4) is 0 Å². The molecular formula is C13H20ClNO2. The SMILES string of the molecule is COCC(O)CCNCc1ccc(Cl)cc1C. The number of ether oxygens (including phenoxy) is 1. The Morgan fingerprint density at radius 3 is 2.88 bits per heavy atom. The van der Waals surface area contributed by atoms with Gasteiger partial charge in [-0.25, -0.2) is 0 Å². The fourth-order valence-electron chi connectivity index (χ4n) is 1.63. The number of rotatable bonds is 7. The molecule has 0 aliphatic heterocycles. The maximum Gasteiger partial charge on any atom is 0.0785 e. The van der Waals surface area contributed by atoms with Crippen molar-refractivity contribution >= 4 is 11.6 Å². The van der Waals surface area contributed by atoms with Gasteiger partial charge in [0.25, 0.3) is 0 Å². The van der Waals surface area contributed by atoms with Crippen LogP contribution in [0.25, 0.3) is 0 Å². The zero-order chi connectivity index (χ0) is 12.7. The number of aryl methyl sites for hydroxylation is 1. The lowest BCUT2D eigenvalue weighted by molar-refractivity contribution is 0.0594. The van der Waals surface area contributed by atoms with Crippen molar-refractivity contribution in [3.05, 3.63) is 34.3 Å². The van der Waals surface area contributed by atoms with Crippen LogP contribution in [0.5, 0.6) is 0 Å². The van der Waals surface area contributed by atoms with Gasteiger partial charge in [0.05, 0.1) is 12.7 Å². The number of aliphatic hydroxyl groups is 1. The van der Waals surface area contributed by atoms with Gasteiger partial charge < -0.3 is 15.2 Å². The van der Waals surface area contributed by atoms with E-state index in [1.807, 2.05) is 25.1 Å². The molecule has 0 amide bonds. The molecule has 0 aromatic heterocycles. The molecule has 0 fully saturated rings. The van der Waals surface area contributed by atoms with Gasteiger partial charge in [-0.2, -0.15) is 0 Å². The van der Waals surface area contributed by atoms with Crippen molar-refractivity contribution in [3.63, 3.8) is 0 Å². The summed E-state index contributed by atoms with van der Waals surface area (Å²) in [4.78, 5) is 0. The maximum absolute atomic E-state index is 9.45. The molecule has 96 valence electrons. The van der Waals surface area contributed by atoms with Gasteiger partial charge in [0.15, 0.2) is 0 Å². The highest BCUT2D eigenvalue weighted by Crippen LogP contribution is 2.14. The lowest BCUT2D eigenvalue weighted by atomic mass is 10.1. The first-order valence-corrected chi connectivity index (χ1v) is 6.14. The number of benzene rings is 1. The predicted molar refractivity (Wildman–Crippen MR) is 70.4 cm³/mol. The zero-order valence-corrected chi connectivity index (χ0v) is 11.1. The van der Waals surface area contributed by atoms with Gasteiger partial charge >= 0.3 is 0 Å². The topological polar surface area (TPSA) is 41.5 Å². The van der Waals surface area contributed by atoms with Crippen LogP contribution in [-0.4, -0.2) is 31.5 Å². The van der Waals surface area contributed by atoms with E-state index in [0.29, 0.717) is 13.0 Å². The fourth-order valence-corrected chi connectivity index (χ4v) is 1.85. The largest absolute Gasteiger partial charge is 0.391 e. The Bertz CT molecular complexity index is 344. The van der Waals surface area contributed by atoms with Crippen molar-refractivity contribution in [2.45, 2.75) is 26.0 Å². The molecule has 3 nitrogen and oxygen atoms in total. The molecule has 4 heteroatoms. The normalized spacial score (nSPS) is 12.7. The van der Waals surface area contributed by atoms with Gasteiger partial charge in [-0.1, -0.05) is 17.7 Å². The number of hydrogen-bond donors (Lipinski definition) is 2. The molecule has 1 aromatic rings. The molecule has 1 aromatic carbocycles. The summed E-state index contributed by atoms with van der Waals surface area (Å²) in [7, 11) is 1.59.